The Morgan fingerprint density at radius 1 is 1.38 bits per heavy atom. The van der Waals surface area contributed by atoms with Gasteiger partial charge in [-0.2, -0.15) is 0 Å². The third-order valence-corrected chi connectivity index (χ3v) is 2.04. The monoisotopic (exact) mass is 245 g/mol. The van der Waals surface area contributed by atoms with E-state index < -0.39 is 11.9 Å². The van der Waals surface area contributed by atoms with Crippen molar-refractivity contribution in [1.29, 1.82) is 0 Å². The zero-order valence-electron chi connectivity index (χ0n) is 8.72. The number of amides is 1. The van der Waals surface area contributed by atoms with Crippen LogP contribution in [-0.4, -0.2) is 23.7 Å². The van der Waals surface area contributed by atoms with E-state index in [0.29, 0.717) is 6.54 Å². The number of hydrogen-bond donors (Lipinski definition) is 4. The molecule has 5 nitrogen and oxygen atoms in total. The second-order valence-corrected chi connectivity index (χ2v) is 3.11. The second-order valence-electron chi connectivity index (χ2n) is 3.11. The van der Waals surface area contributed by atoms with Crippen molar-refractivity contribution in [3.05, 3.63) is 35.9 Å². The van der Waals surface area contributed by atoms with Gasteiger partial charge in [0.25, 0.3) is 5.91 Å². The van der Waals surface area contributed by atoms with Gasteiger partial charge in [0.1, 0.15) is 6.04 Å². The van der Waals surface area contributed by atoms with Gasteiger partial charge in [-0.1, -0.05) is 30.3 Å². The van der Waals surface area contributed by atoms with Crippen LogP contribution in [-0.2, 0) is 11.3 Å². The Morgan fingerprint density at radius 3 is 2.50 bits per heavy atom. The summed E-state index contributed by atoms with van der Waals surface area (Å²) in [6, 6.07) is 8.93. The Balaban J connectivity index is 0.00000225. The lowest BCUT2D eigenvalue weighted by Crippen LogP contribution is -2.48. The second kappa shape index (κ2) is 8.06. The number of rotatable bonds is 5. The van der Waals surface area contributed by atoms with Gasteiger partial charge >= 0.3 is 0 Å². The maximum Gasteiger partial charge on any atom is 0.253 e. The fourth-order valence-electron chi connectivity index (χ4n) is 1.18. The first-order chi connectivity index (χ1) is 7.27. The van der Waals surface area contributed by atoms with Crippen molar-refractivity contribution in [2.45, 2.75) is 12.6 Å². The van der Waals surface area contributed by atoms with Gasteiger partial charge in [-0.3, -0.25) is 15.5 Å². The number of carbonyl (C=O) groups excluding carboxylic acids is 1. The van der Waals surface area contributed by atoms with E-state index in [4.69, 9.17) is 10.9 Å². The molecule has 0 radical (unpaired) electrons. The molecule has 16 heavy (non-hydrogen) atoms. The molecular weight excluding hydrogens is 230 g/mol. The Hall–Kier alpha value is -1.14. The van der Waals surface area contributed by atoms with E-state index in [2.05, 4.69) is 5.32 Å². The molecule has 1 rings (SSSR count). The van der Waals surface area contributed by atoms with Crippen molar-refractivity contribution in [1.82, 2.24) is 10.7 Å². The first-order valence-electron chi connectivity index (χ1n) is 4.66. The molecule has 1 amide bonds. The molecule has 0 unspecified atom stereocenters. The summed E-state index contributed by atoms with van der Waals surface area (Å²) in [6.45, 7) is 0.232. The highest BCUT2D eigenvalue weighted by molar-refractivity contribution is 5.85. The number of hydrazine groups is 1. The smallest absolute Gasteiger partial charge is 0.253 e. The Morgan fingerprint density at radius 2 is 2.00 bits per heavy atom. The molecule has 0 aliphatic heterocycles. The Labute approximate surface area is 100 Å². The molecule has 0 bridgehead atoms. The summed E-state index contributed by atoms with van der Waals surface area (Å²) in [4.78, 5) is 11.1. The fraction of sp³-hybridized carbons (Fsp3) is 0.300. The number of aliphatic hydroxyl groups excluding tert-OH is 1. The van der Waals surface area contributed by atoms with Crippen LogP contribution in [0.5, 0.6) is 0 Å². The highest BCUT2D eigenvalue weighted by Gasteiger charge is 2.14. The van der Waals surface area contributed by atoms with Gasteiger partial charge in [0, 0.05) is 6.54 Å². The van der Waals surface area contributed by atoms with Crippen molar-refractivity contribution < 1.29 is 9.90 Å². The quantitative estimate of drug-likeness (QED) is 0.322. The van der Waals surface area contributed by atoms with Crippen molar-refractivity contribution in [3.63, 3.8) is 0 Å². The van der Waals surface area contributed by atoms with Crippen LogP contribution in [0.3, 0.4) is 0 Å². The molecule has 0 aromatic heterocycles. The lowest BCUT2D eigenvalue weighted by Gasteiger charge is -2.14. The van der Waals surface area contributed by atoms with Crippen LogP contribution < -0.4 is 16.6 Å². The predicted molar refractivity (Wildman–Crippen MR) is 63.7 cm³/mol. The molecule has 5 N–H and O–H groups in total. The number of nitrogens with one attached hydrogen (secondary N) is 2. The van der Waals surface area contributed by atoms with E-state index in [0.717, 1.165) is 5.56 Å². The number of hydrogen-bond acceptors (Lipinski definition) is 4. The van der Waals surface area contributed by atoms with Gasteiger partial charge in [0.05, 0.1) is 6.61 Å². The van der Waals surface area contributed by atoms with Gasteiger partial charge in [0.2, 0.25) is 0 Å². The van der Waals surface area contributed by atoms with Crippen molar-refractivity contribution in [2.75, 3.05) is 6.61 Å². The van der Waals surface area contributed by atoms with Gasteiger partial charge in [-0.25, -0.2) is 5.84 Å². The minimum absolute atomic E-state index is 0. The van der Waals surface area contributed by atoms with E-state index in [9.17, 15) is 4.79 Å². The number of nitrogens with two attached hydrogens (primary N) is 1. The molecular formula is C10H16ClN3O2. The summed E-state index contributed by atoms with van der Waals surface area (Å²) < 4.78 is 0. The lowest BCUT2D eigenvalue weighted by atomic mass is 10.2. The van der Waals surface area contributed by atoms with E-state index in [1.54, 1.807) is 0 Å². The lowest BCUT2D eigenvalue weighted by molar-refractivity contribution is -0.124. The summed E-state index contributed by atoms with van der Waals surface area (Å²) in [5, 5.41) is 11.8. The molecule has 0 fully saturated rings. The van der Waals surface area contributed by atoms with Crippen LogP contribution in [0.15, 0.2) is 30.3 Å². The zero-order chi connectivity index (χ0) is 11.1. The van der Waals surface area contributed by atoms with Crippen molar-refractivity contribution >= 4 is 18.3 Å². The highest BCUT2D eigenvalue weighted by Crippen LogP contribution is 1.98. The number of benzene rings is 1. The maximum atomic E-state index is 11.1. The number of carbonyl (C=O) groups is 1. The van der Waals surface area contributed by atoms with E-state index >= 15 is 0 Å². The van der Waals surface area contributed by atoms with E-state index in [1.165, 1.54) is 0 Å². The molecule has 90 valence electrons. The minimum Gasteiger partial charge on any atom is -0.394 e. The average molecular weight is 246 g/mol. The topological polar surface area (TPSA) is 87.4 Å². The summed E-state index contributed by atoms with van der Waals surface area (Å²) in [6.07, 6.45) is 0. The molecule has 0 aliphatic rings. The molecule has 0 spiro atoms. The maximum absolute atomic E-state index is 11.1. The summed E-state index contributed by atoms with van der Waals surface area (Å²) in [7, 11) is 0. The molecule has 0 saturated heterocycles. The molecule has 0 heterocycles. The minimum atomic E-state index is -0.671. The number of halogens is 1. The van der Waals surface area contributed by atoms with Gasteiger partial charge in [-0.05, 0) is 5.56 Å². The highest BCUT2D eigenvalue weighted by atomic mass is 35.5. The first kappa shape index (κ1) is 14.9. The molecule has 0 saturated carbocycles. The van der Waals surface area contributed by atoms with Crippen molar-refractivity contribution in [3.8, 4) is 0 Å². The largest absolute Gasteiger partial charge is 0.394 e. The molecule has 1 aromatic carbocycles. The van der Waals surface area contributed by atoms with Crippen molar-refractivity contribution in [2.24, 2.45) is 5.84 Å². The van der Waals surface area contributed by atoms with Crippen LogP contribution in [0.4, 0.5) is 0 Å². The number of aliphatic hydroxyl groups is 1. The standard InChI is InChI=1S/C10H15N3O2.ClH/c11-13-10(15)9(7-14)12-6-8-4-2-1-3-5-8;/h1-5,9,12,14H,6-7,11H2,(H,13,15);1H/t9-;/m0./s1. The summed E-state index contributed by atoms with van der Waals surface area (Å²) in [5.74, 6) is 4.54. The Bertz CT molecular complexity index is 308. The SMILES string of the molecule is Cl.NNC(=O)[C@H](CO)NCc1ccccc1. The van der Waals surface area contributed by atoms with Gasteiger partial charge in [0.15, 0.2) is 0 Å². The van der Waals surface area contributed by atoms with Gasteiger partial charge in [-0.15, -0.1) is 12.4 Å². The molecule has 1 atom stereocenters. The normalized spacial score (nSPS) is 11.4. The van der Waals surface area contributed by atoms with Crippen LogP contribution in [0, 0.1) is 0 Å². The molecule has 1 aromatic rings. The van der Waals surface area contributed by atoms with Crippen LogP contribution >= 0.6 is 12.4 Å². The first-order valence-corrected chi connectivity index (χ1v) is 4.66. The third kappa shape index (κ3) is 4.59. The average Bonchev–Trinajstić information content (AvgIpc) is 2.31. The van der Waals surface area contributed by atoms with Crippen LogP contribution in [0.25, 0.3) is 0 Å². The van der Waals surface area contributed by atoms with Crippen LogP contribution in [0.2, 0.25) is 0 Å². The summed E-state index contributed by atoms with van der Waals surface area (Å²) >= 11 is 0. The Kier molecular flexibility index (Phi) is 7.49. The third-order valence-electron chi connectivity index (χ3n) is 2.04. The summed E-state index contributed by atoms with van der Waals surface area (Å²) in [5.41, 5.74) is 3.03. The van der Waals surface area contributed by atoms with E-state index in [-0.39, 0.29) is 19.0 Å². The molecule has 0 aliphatic carbocycles. The predicted octanol–water partition coefficient (Wildman–Crippen LogP) is -0.451. The zero-order valence-corrected chi connectivity index (χ0v) is 9.54. The van der Waals surface area contributed by atoms with Gasteiger partial charge < -0.3 is 5.11 Å². The molecule has 6 heteroatoms. The van der Waals surface area contributed by atoms with E-state index in [1.807, 2.05) is 35.8 Å². The fourth-order valence-corrected chi connectivity index (χ4v) is 1.18. The van der Waals surface area contributed by atoms with Crippen LogP contribution in [0.1, 0.15) is 5.56 Å².